The van der Waals surface area contributed by atoms with Gasteiger partial charge >= 0.3 is 0 Å². The van der Waals surface area contributed by atoms with Gasteiger partial charge in [-0.1, -0.05) is 0 Å². The second-order valence-corrected chi connectivity index (χ2v) is 4.96. The average molecular weight is 289 g/mol. The van der Waals surface area contributed by atoms with Gasteiger partial charge in [-0.05, 0) is 28.4 Å². The quantitative estimate of drug-likeness (QED) is 0.819. The van der Waals surface area contributed by atoms with Crippen molar-refractivity contribution in [2.45, 2.75) is 6.42 Å². The van der Waals surface area contributed by atoms with Gasteiger partial charge in [0.1, 0.15) is 5.82 Å². The molecule has 0 aliphatic carbocycles. The molecule has 1 heterocycles. The zero-order valence-corrected chi connectivity index (χ0v) is 10.4. The van der Waals surface area contributed by atoms with Crippen LogP contribution >= 0.6 is 15.9 Å². The van der Waals surface area contributed by atoms with E-state index in [2.05, 4.69) is 20.8 Å². The molecule has 1 atom stereocenters. The number of nitrogens with zero attached hydrogens (tertiary/aromatic N) is 1. The molecule has 3 nitrogen and oxygen atoms in total. The third kappa shape index (κ3) is 2.15. The number of nitrogens with two attached hydrogens (primary N) is 1. The van der Waals surface area contributed by atoms with E-state index in [4.69, 9.17) is 10.8 Å². The first-order chi connectivity index (χ1) is 7.61. The van der Waals surface area contributed by atoms with Gasteiger partial charge < -0.3 is 15.7 Å². The minimum Gasteiger partial charge on any atom is -0.397 e. The molecule has 0 saturated carbocycles. The molecule has 88 valence electrons. The van der Waals surface area contributed by atoms with E-state index in [1.54, 1.807) is 6.07 Å². The third-order valence-corrected chi connectivity index (χ3v) is 3.56. The molecule has 1 saturated heterocycles. The third-order valence-electron chi connectivity index (χ3n) is 2.95. The second kappa shape index (κ2) is 4.59. The van der Waals surface area contributed by atoms with Gasteiger partial charge in [-0.15, -0.1) is 0 Å². The van der Waals surface area contributed by atoms with Crippen molar-refractivity contribution in [3.8, 4) is 0 Å². The van der Waals surface area contributed by atoms with Gasteiger partial charge in [-0.3, -0.25) is 0 Å². The number of hydrogen-bond donors (Lipinski definition) is 2. The van der Waals surface area contributed by atoms with Crippen molar-refractivity contribution in [2.75, 3.05) is 30.3 Å². The molecule has 1 aromatic carbocycles. The first-order valence-corrected chi connectivity index (χ1v) is 6.01. The van der Waals surface area contributed by atoms with E-state index in [9.17, 15) is 4.39 Å². The average Bonchev–Trinajstić information content (AvgIpc) is 2.71. The Morgan fingerprint density at radius 1 is 1.56 bits per heavy atom. The summed E-state index contributed by atoms with van der Waals surface area (Å²) in [6.45, 7) is 1.82. The lowest BCUT2D eigenvalue weighted by Crippen LogP contribution is -2.21. The number of rotatable bonds is 2. The summed E-state index contributed by atoms with van der Waals surface area (Å²) < 4.78 is 13.6. The van der Waals surface area contributed by atoms with Gasteiger partial charge in [0.15, 0.2) is 0 Å². The molecular formula is C11H14BrFN2O. The molecule has 0 radical (unpaired) electrons. The normalized spacial score (nSPS) is 20.4. The molecule has 16 heavy (non-hydrogen) atoms. The SMILES string of the molecule is Nc1cc(F)c(Br)cc1N1CCC(CO)C1. The van der Waals surface area contributed by atoms with Crippen LogP contribution in [0.25, 0.3) is 0 Å². The minimum atomic E-state index is -0.348. The Kier molecular flexibility index (Phi) is 3.35. The maximum Gasteiger partial charge on any atom is 0.139 e. The van der Waals surface area contributed by atoms with Crippen molar-refractivity contribution in [3.05, 3.63) is 22.4 Å². The molecule has 1 fully saturated rings. The molecule has 1 aliphatic heterocycles. The van der Waals surface area contributed by atoms with E-state index in [0.29, 0.717) is 16.1 Å². The Bertz CT molecular complexity index is 400. The highest BCUT2D eigenvalue weighted by atomic mass is 79.9. The molecule has 0 amide bonds. The van der Waals surface area contributed by atoms with Crippen LogP contribution in [0.1, 0.15) is 6.42 Å². The van der Waals surface area contributed by atoms with Crippen LogP contribution in [0, 0.1) is 11.7 Å². The Morgan fingerprint density at radius 2 is 2.31 bits per heavy atom. The van der Waals surface area contributed by atoms with E-state index in [1.165, 1.54) is 6.07 Å². The maximum atomic E-state index is 13.2. The molecule has 0 spiro atoms. The lowest BCUT2D eigenvalue weighted by atomic mass is 10.1. The standard InChI is InChI=1S/C11H14BrFN2O/c12-8-3-11(10(14)4-9(8)13)15-2-1-7(5-15)6-16/h3-4,7,16H,1-2,5-6,14H2. The van der Waals surface area contributed by atoms with Gasteiger partial charge in [0.2, 0.25) is 0 Å². The number of halogens is 2. The van der Waals surface area contributed by atoms with Crippen LogP contribution in [0.15, 0.2) is 16.6 Å². The highest BCUT2D eigenvalue weighted by Crippen LogP contribution is 2.32. The van der Waals surface area contributed by atoms with Gasteiger partial charge in [-0.25, -0.2) is 4.39 Å². The predicted octanol–water partition coefficient (Wildman–Crippen LogP) is 1.99. The van der Waals surface area contributed by atoms with Crippen LogP contribution in [-0.4, -0.2) is 24.8 Å². The predicted molar refractivity (Wildman–Crippen MR) is 65.9 cm³/mol. The van der Waals surface area contributed by atoms with E-state index >= 15 is 0 Å². The largest absolute Gasteiger partial charge is 0.397 e. The van der Waals surface area contributed by atoms with Gasteiger partial charge in [0.05, 0.1) is 15.8 Å². The van der Waals surface area contributed by atoms with Crippen LogP contribution < -0.4 is 10.6 Å². The lowest BCUT2D eigenvalue weighted by Gasteiger charge is -2.20. The molecule has 5 heteroatoms. The molecular weight excluding hydrogens is 275 g/mol. The van der Waals surface area contributed by atoms with E-state index in [0.717, 1.165) is 25.2 Å². The van der Waals surface area contributed by atoms with Crippen molar-refractivity contribution in [1.82, 2.24) is 0 Å². The van der Waals surface area contributed by atoms with Crippen molar-refractivity contribution in [1.29, 1.82) is 0 Å². The molecule has 1 aliphatic rings. The number of anilines is 2. The Labute approximate surface area is 102 Å². The summed E-state index contributed by atoms with van der Waals surface area (Å²) in [5, 5.41) is 9.07. The number of aliphatic hydroxyl groups is 1. The summed E-state index contributed by atoms with van der Waals surface area (Å²) in [4.78, 5) is 2.08. The maximum absolute atomic E-state index is 13.2. The number of benzene rings is 1. The van der Waals surface area contributed by atoms with Crippen LogP contribution in [-0.2, 0) is 0 Å². The molecule has 1 aromatic rings. The zero-order chi connectivity index (χ0) is 11.7. The van der Waals surface area contributed by atoms with Gasteiger partial charge in [0, 0.05) is 31.7 Å². The van der Waals surface area contributed by atoms with Crippen LogP contribution in [0.3, 0.4) is 0 Å². The summed E-state index contributed by atoms with van der Waals surface area (Å²) in [5.74, 6) is -0.0533. The first kappa shape index (κ1) is 11.7. The highest BCUT2D eigenvalue weighted by molar-refractivity contribution is 9.10. The van der Waals surface area contributed by atoms with E-state index < -0.39 is 0 Å². The van der Waals surface area contributed by atoms with Gasteiger partial charge in [-0.2, -0.15) is 0 Å². The zero-order valence-electron chi connectivity index (χ0n) is 8.79. The number of hydrogen-bond acceptors (Lipinski definition) is 3. The van der Waals surface area contributed by atoms with Crippen molar-refractivity contribution in [2.24, 2.45) is 5.92 Å². The van der Waals surface area contributed by atoms with E-state index in [-0.39, 0.29) is 12.4 Å². The Balaban J connectivity index is 2.24. The second-order valence-electron chi connectivity index (χ2n) is 4.11. The van der Waals surface area contributed by atoms with Crippen molar-refractivity contribution < 1.29 is 9.50 Å². The Morgan fingerprint density at radius 3 is 2.94 bits per heavy atom. The summed E-state index contributed by atoms with van der Waals surface area (Å²) >= 11 is 3.15. The van der Waals surface area contributed by atoms with Crippen LogP contribution in [0.4, 0.5) is 15.8 Å². The van der Waals surface area contributed by atoms with Gasteiger partial charge in [0.25, 0.3) is 0 Å². The smallest absolute Gasteiger partial charge is 0.139 e. The summed E-state index contributed by atoms with van der Waals surface area (Å²) in [6, 6.07) is 3.02. The molecule has 0 bridgehead atoms. The molecule has 3 N–H and O–H groups in total. The number of aliphatic hydroxyl groups excluding tert-OH is 1. The van der Waals surface area contributed by atoms with Crippen LogP contribution in [0.5, 0.6) is 0 Å². The summed E-state index contributed by atoms with van der Waals surface area (Å²) in [5.41, 5.74) is 7.07. The van der Waals surface area contributed by atoms with E-state index in [1.807, 2.05) is 0 Å². The summed E-state index contributed by atoms with van der Waals surface area (Å²) in [7, 11) is 0. The minimum absolute atomic E-state index is 0.193. The molecule has 1 unspecified atom stereocenters. The van der Waals surface area contributed by atoms with Crippen molar-refractivity contribution in [3.63, 3.8) is 0 Å². The fraction of sp³-hybridized carbons (Fsp3) is 0.455. The topological polar surface area (TPSA) is 49.5 Å². The number of nitrogen functional groups attached to an aromatic ring is 1. The molecule has 2 rings (SSSR count). The van der Waals surface area contributed by atoms with Crippen molar-refractivity contribution >= 4 is 27.3 Å². The Hall–Kier alpha value is -0.810. The monoisotopic (exact) mass is 288 g/mol. The molecule has 0 aromatic heterocycles. The first-order valence-electron chi connectivity index (χ1n) is 5.22. The highest BCUT2D eigenvalue weighted by Gasteiger charge is 2.23. The fourth-order valence-corrected chi connectivity index (χ4v) is 2.36. The van der Waals surface area contributed by atoms with Crippen LogP contribution in [0.2, 0.25) is 0 Å². The summed E-state index contributed by atoms with van der Waals surface area (Å²) in [6.07, 6.45) is 0.949. The lowest BCUT2D eigenvalue weighted by molar-refractivity contribution is 0.238. The fourth-order valence-electron chi connectivity index (χ4n) is 2.03.